The van der Waals surface area contributed by atoms with Gasteiger partial charge in [-0.25, -0.2) is 22.0 Å². The van der Waals surface area contributed by atoms with Crippen molar-refractivity contribution >= 4 is 27.5 Å². The molecule has 1 amide bonds. The molecular weight excluding hydrogens is 361 g/mol. The molecule has 2 aromatic carbocycles. The van der Waals surface area contributed by atoms with Crippen LogP contribution in [0.2, 0.25) is 0 Å². The Hall–Kier alpha value is -1.96. The lowest BCUT2D eigenvalue weighted by Gasteiger charge is -2.09. The molecule has 110 valence electrons. The third-order valence-corrected chi connectivity index (χ3v) is 2.98. The van der Waals surface area contributed by atoms with Crippen molar-refractivity contribution < 1.29 is 26.7 Å². The van der Waals surface area contributed by atoms with E-state index in [2.05, 4.69) is 15.9 Å². The van der Waals surface area contributed by atoms with E-state index in [1.165, 1.54) is 0 Å². The molecule has 0 atom stereocenters. The lowest BCUT2D eigenvalue weighted by molar-refractivity contribution is 0.102. The molecule has 2 nitrogen and oxygen atoms in total. The maximum absolute atomic E-state index is 13.5. The molecule has 0 fully saturated rings. The van der Waals surface area contributed by atoms with Crippen molar-refractivity contribution in [3.8, 4) is 0 Å². The Balaban J connectivity index is 2.38. The van der Waals surface area contributed by atoms with Gasteiger partial charge in [-0.2, -0.15) is 0 Å². The maximum atomic E-state index is 13.5. The van der Waals surface area contributed by atoms with Crippen LogP contribution in [0.15, 0.2) is 28.7 Å². The van der Waals surface area contributed by atoms with Crippen molar-refractivity contribution in [1.29, 1.82) is 0 Å². The van der Waals surface area contributed by atoms with Crippen LogP contribution in [0, 0.1) is 29.1 Å². The second-order valence-corrected chi connectivity index (χ2v) is 4.84. The number of halogens is 6. The van der Waals surface area contributed by atoms with E-state index < -0.39 is 46.2 Å². The van der Waals surface area contributed by atoms with Crippen molar-refractivity contribution in [1.82, 2.24) is 0 Å². The molecule has 1 N–H and O–H groups in total. The molecule has 0 aliphatic heterocycles. The second kappa shape index (κ2) is 5.80. The van der Waals surface area contributed by atoms with Gasteiger partial charge in [-0.15, -0.1) is 0 Å². The molecule has 0 aromatic heterocycles. The Morgan fingerprint density at radius 3 is 2.05 bits per heavy atom. The first-order valence-corrected chi connectivity index (χ1v) is 6.20. The smallest absolute Gasteiger partial charge is 0.258 e. The molecule has 0 aliphatic rings. The van der Waals surface area contributed by atoms with Crippen LogP contribution in [0.4, 0.5) is 27.6 Å². The number of nitrogens with one attached hydrogen (secondary N) is 1. The summed E-state index contributed by atoms with van der Waals surface area (Å²) >= 11 is 2.84. The van der Waals surface area contributed by atoms with Crippen LogP contribution >= 0.6 is 15.9 Å². The summed E-state index contributed by atoms with van der Waals surface area (Å²) in [4.78, 5) is 11.7. The summed E-state index contributed by atoms with van der Waals surface area (Å²) in [6, 6.07) is 2.94. The van der Waals surface area contributed by atoms with Crippen LogP contribution in [0.1, 0.15) is 10.4 Å². The van der Waals surface area contributed by atoms with E-state index >= 15 is 0 Å². The predicted molar refractivity (Wildman–Crippen MR) is 68.3 cm³/mol. The van der Waals surface area contributed by atoms with Gasteiger partial charge in [0.15, 0.2) is 29.1 Å². The van der Waals surface area contributed by atoms with E-state index in [9.17, 15) is 26.7 Å². The summed E-state index contributed by atoms with van der Waals surface area (Å²) in [5, 5.41) is 1.77. The van der Waals surface area contributed by atoms with Gasteiger partial charge in [-0.1, -0.05) is 15.9 Å². The Labute approximate surface area is 123 Å². The van der Waals surface area contributed by atoms with Gasteiger partial charge in [0.2, 0.25) is 0 Å². The minimum absolute atomic E-state index is 0.0921. The van der Waals surface area contributed by atoms with E-state index in [1.54, 1.807) is 5.32 Å². The molecule has 2 rings (SSSR count). The van der Waals surface area contributed by atoms with Crippen LogP contribution in [-0.2, 0) is 0 Å². The fourth-order valence-electron chi connectivity index (χ4n) is 1.54. The average molecular weight is 366 g/mol. The predicted octanol–water partition coefficient (Wildman–Crippen LogP) is 4.40. The van der Waals surface area contributed by atoms with Crippen LogP contribution in [0.3, 0.4) is 0 Å². The Bertz CT molecular complexity index is 712. The SMILES string of the molecule is O=C(Nc1c(F)cc(Br)cc1F)c1ccc(F)c(F)c1F. The van der Waals surface area contributed by atoms with E-state index in [0.29, 0.717) is 12.1 Å². The number of carbonyl (C=O) groups is 1. The standard InChI is InChI=1S/C13H5BrF5NO/c14-5-3-8(16)12(9(17)4-5)20-13(21)6-1-2-7(15)11(19)10(6)18/h1-4H,(H,20,21). The second-order valence-electron chi connectivity index (χ2n) is 3.92. The maximum Gasteiger partial charge on any atom is 0.258 e. The monoisotopic (exact) mass is 365 g/mol. The highest BCUT2D eigenvalue weighted by molar-refractivity contribution is 9.10. The summed E-state index contributed by atoms with van der Waals surface area (Å²) in [6.45, 7) is 0. The molecule has 0 unspecified atom stereocenters. The van der Waals surface area contributed by atoms with E-state index in [4.69, 9.17) is 0 Å². The van der Waals surface area contributed by atoms with Crippen molar-refractivity contribution in [2.75, 3.05) is 5.32 Å². The molecule has 0 saturated carbocycles. The third kappa shape index (κ3) is 3.05. The number of anilines is 1. The van der Waals surface area contributed by atoms with Crippen LogP contribution in [0.5, 0.6) is 0 Å². The molecule has 0 aliphatic carbocycles. The first-order valence-electron chi connectivity index (χ1n) is 5.40. The van der Waals surface area contributed by atoms with Gasteiger partial charge in [0.1, 0.15) is 5.69 Å². The quantitative estimate of drug-likeness (QED) is 0.620. The lowest BCUT2D eigenvalue weighted by atomic mass is 10.1. The third-order valence-electron chi connectivity index (χ3n) is 2.53. The van der Waals surface area contributed by atoms with Gasteiger partial charge in [-0.3, -0.25) is 4.79 Å². The molecule has 0 heterocycles. The largest absolute Gasteiger partial charge is 0.317 e. The number of hydrogen-bond acceptors (Lipinski definition) is 1. The molecule has 0 bridgehead atoms. The Kier molecular flexibility index (Phi) is 4.26. The normalized spacial score (nSPS) is 10.6. The molecule has 0 radical (unpaired) electrons. The van der Waals surface area contributed by atoms with Gasteiger partial charge in [0.25, 0.3) is 5.91 Å². The minimum Gasteiger partial charge on any atom is -0.317 e. The first-order chi connectivity index (χ1) is 9.81. The zero-order valence-electron chi connectivity index (χ0n) is 9.99. The van der Waals surface area contributed by atoms with Crippen molar-refractivity contribution in [3.63, 3.8) is 0 Å². The summed E-state index contributed by atoms with van der Waals surface area (Å²) < 4.78 is 66.3. The van der Waals surface area contributed by atoms with E-state index in [0.717, 1.165) is 12.1 Å². The average Bonchev–Trinajstić information content (AvgIpc) is 2.40. The number of carbonyl (C=O) groups excluding carboxylic acids is 1. The molecule has 0 saturated heterocycles. The summed E-state index contributed by atoms with van der Waals surface area (Å²) in [7, 11) is 0. The summed E-state index contributed by atoms with van der Waals surface area (Å²) in [5.41, 5.74) is -1.71. The van der Waals surface area contributed by atoms with Crippen molar-refractivity contribution in [2.24, 2.45) is 0 Å². The van der Waals surface area contributed by atoms with Crippen LogP contribution in [-0.4, -0.2) is 5.91 Å². The van der Waals surface area contributed by atoms with Crippen molar-refractivity contribution in [2.45, 2.75) is 0 Å². The van der Waals surface area contributed by atoms with Crippen LogP contribution < -0.4 is 5.32 Å². The number of benzene rings is 2. The fraction of sp³-hybridized carbons (Fsp3) is 0. The van der Waals surface area contributed by atoms with Gasteiger partial charge in [0.05, 0.1) is 5.56 Å². The van der Waals surface area contributed by atoms with E-state index in [-0.39, 0.29) is 4.47 Å². The molecule has 2 aromatic rings. The number of amides is 1. The van der Waals surface area contributed by atoms with E-state index in [1.807, 2.05) is 0 Å². The highest BCUT2D eigenvalue weighted by Gasteiger charge is 2.21. The first kappa shape index (κ1) is 15.4. The zero-order chi connectivity index (χ0) is 15.7. The van der Waals surface area contributed by atoms with Crippen LogP contribution in [0.25, 0.3) is 0 Å². The topological polar surface area (TPSA) is 29.1 Å². The zero-order valence-corrected chi connectivity index (χ0v) is 11.6. The Morgan fingerprint density at radius 2 is 1.48 bits per heavy atom. The summed E-state index contributed by atoms with van der Waals surface area (Å²) in [5.74, 6) is -8.61. The number of hydrogen-bond donors (Lipinski definition) is 1. The molecule has 0 spiro atoms. The van der Waals surface area contributed by atoms with Gasteiger partial charge >= 0.3 is 0 Å². The minimum atomic E-state index is -1.85. The molecule has 21 heavy (non-hydrogen) atoms. The highest BCUT2D eigenvalue weighted by Crippen LogP contribution is 2.25. The summed E-state index contributed by atoms with van der Waals surface area (Å²) in [6.07, 6.45) is 0. The highest BCUT2D eigenvalue weighted by atomic mass is 79.9. The van der Waals surface area contributed by atoms with Gasteiger partial charge in [0, 0.05) is 4.47 Å². The lowest BCUT2D eigenvalue weighted by Crippen LogP contribution is -2.17. The molecule has 8 heteroatoms. The van der Waals surface area contributed by atoms with Gasteiger partial charge < -0.3 is 5.32 Å². The Morgan fingerprint density at radius 1 is 0.905 bits per heavy atom. The fourth-order valence-corrected chi connectivity index (χ4v) is 1.95. The van der Waals surface area contributed by atoms with Gasteiger partial charge in [-0.05, 0) is 24.3 Å². The van der Waals surface area contributed by atoms with Crippen molar-refractivity contribution in [3.05, 3.63) is 63.4 Å². The molecular formula is C13H5BrF5NO. The number of rotatable bonds is 2.